The number of fused-ring (bicyclic) bond motifs is 1. The van der Waals surface area contributed by atoms with Gasteiger partial charge in [-0.15, -0.1) is 0 Å². The first-order chi connectivity index (χ1) is 10.1. The minimum absolute atomic E-state index is 0.00596. The fourth-order valence-electron chi connectivity index (χ4n) is 2.81. The Balaban J connectivity index is 2.03. The van der Waals surface area contributed by atoms with Crippen LogP contribution < -0.4 is 10.1 Å². The average Bonchev–Trinajstić information content (AvgIpc) is 2.89. The van der Waals surface area contributed by atoms with Crippen molar-refractivity contribution in [2.45, 2.75) is 12.0 Å². The van der Waals surface area contributed by atoms with Gasteiger partial charge in [0, 0.05) is 22.5 Å². The van der Waals surface area contributed by atoms with Crippen molar-refractivity contribution in [3.05, 3.63) is 64.2 Å². The third-order valence-electron chi connectivity index (χ3n) is 3.82. The van der Waals surface area contributed by atoms with Crippen molar-refractivity contribution < 1.29 is 13.5 Å². The van der Waals surface area contributed by atoms with Gasteiger partial charge in [0.25, 0.3) is 0 Å². The predicted octanol–water partition coefficient (Wildman–Crippen LogP) is 4.05. The Morgan fingerprint density at radius 2 is 1.95 bits per heavy atom. The normalized spacial score (nSPS) is 18.2. The van der Waals surface area contributed by atoms with Crippen LogP contribution in [0.1, 0.15) is 23.1 Å². The van der Waals surface area contributed by atoms with Gasteiger partial charge in [0.05, 0.1) is 6.61 Å². The highest BCUT2D eigenvalue weighted by atomic mass is 35.5. The Kier molecular flexibility index (Phi) is 3.83. The summed E-state index contributed by atoms with van der Waals surface area (Å²) in [6, 6.07) is 9.62. The fraction of sp³-hybridized carbons (Fsp3) is 0.250. The fourth-order valence-corrected chi connectivity index (χ4v) is 3.08. The molecule has 1 heterocycles. The third-order valence-corrected chi connectivity index (χ3v) is 4.15. The van der Waals surface area contributed by atoms with Crippen LogP contribution in [0.3, 0.4) is 0 Å². The summed E-state index contributed by atoms with van der Waals surface area (Å²) in [6.45, 7) is 0.472. The molecule has 0 saturated carbocycles. The highest BCUT2D eigenvalue weighted by molar-refractivity contribution is 6.31. The lowest BCUT2D eigenvalue weighted by atomic mass is 9.88. The third kappa shape index (κ3) is 2.49. The van der Waals surface area contributed by atoms with Gasteiger partial charge in [-0.05, 0) is 30.8 Å². The first-order valence-corrected chi connectivity index (χ1v) is 7.03. The van der Waals surface area contributed by atoms with Crippen molar-refractivity contribution in [3.8, 4) is 5.75 Å². The van der Waals surface area contributed by atoms with E-state index in [4.69, 9.17) is 16.3 Å². The molecule has 21 heavy (non-hydrogen) atoms. The maximum absolute atomic E-state index is 13.5. The second-order valence-corrected chi connectivity index (χ2v) is 5.42. The van der Waals surface area contributed by atoms with Crippen LogP contribution >= 0.6 is 11.6 Å². The maximum Gasteiger partial charge on any atom is 0.160 e. The molecule has 1 aliphatic rings. The molecule has 2 atom stereocenters. The van der Waals surface area contributed by atoms with Crippen LogP contribution in [0, 0.1) is 11.6 Å². The molecule has 0 amide bonds. The number of nitrogens with one attached hydrogen (secondary N) is 1. The van der Waals surface area contributed by atoms with Crippen LogP contribution in [0.4, 0.5) is 8.78 Å². The van der Waals surface area contributed by atoms with Gasteiger partial charge in [-0.2, -0.15) is 0 Å². The van der Waals surface area contributed by atoms with E-state index in [-0.39, 0.29) is 17.0 Å². The first-order valence-electron chi connectivity index (χ1n) is 6.65. The van der Waals surface area contributed by atoms with E-state index in [1.165, 1.54) is 0 Å². The molecule has 2 aromatic carbocycles. The standard InChI is InChI=1S/C16H14ClF2NO/c1-20-16(10-6-13(18)14(19)7-12(10)17)11-8-21-15-5-3-2-4-9(11)15/h2-7,11,16,20H,8H2,1H3. The van der Waals surface area contributed by atoms with Crippen LogP contribution in [0.2, 0.25) is 5.02 Å². The summed E-state index contributed by atoms with van der Waals surface area (Å²) in [5.41, 5.74) is 1.57. The number of rotatable bonds is 3. The van der Waals surface area contributed by atoms with E-state index in [0.29, 0.717) is 12.2 Å². The number of halogens is 3. The van der Waals surface area contributed by atoms with Crippen LogP contribution in [0.5, 0.6) is 5.75 Å². The van der Waals surface area contributed by atoms with E-state index in [1.807, 2.05) is 24.3 Å². The molecular formula is C16H14ClF2NO. The van der Waals surface area contributed by atoms with Gasteiger partial charge in [0.1, 0.15) is 5.75 Å². The Morgan fingerprint density at radius 3 is 2.71 bits per heavy atom. The van der Waals surface area contributed by atoms with Gasteiger partial charge in [0.15, 0.2) is 11.6 Å². The zero-order valence-corrected chi connectivity index (χ0v) is 12.1. The molecule has 0 bridgehead atoms. The van der Waals surface area contributed by atoms with Gasteiger partial charge in [-0.1, -0.05) is 29.8 Å². The minimum atomic E-state index is -0.943. The molecule has 2 nitrogen and oxygen atoms in total. The summed E-state index contributed by atoms with van der Waals surface area (Å²) in [6.07, 6.45) is 0. The number of hydrogen-bond donors (Lipinski definition) is 1. The molecule has 0 fully saturated rings. The first kappa shape index (κ1) is 14.3. The molecule has 2 unspecified atom stereocenters. The molecule has 0 aliphatic carbocycles. The molecule has 3 rings (SSSR count). The zero-order chi connectivity index (χ0) is 15.0. The van der Waals surface area contributed by atoms with Gasteiger partial charge in [0.2, 0.25) is 0 Å². The molecule has 0 saturated heterocycles. The Bertz CT molecular complexity index is 677. The van der Waals surface area contributed by atoms with E-state index in [9.17, 15) is 8.78 Å². The van der Waals surface area contributed by atoms with Crippen molar-refractivity contribution in [2.75, 3.05) is 13.7 Å². The second-order valence-electron chi connectivity index (χ2n) is 5.01. The smallest absolute Gasteiger partial charge is 0.160 e. The van der Waals surface area contributed by atoms with Gasteiger partial charge in [-0.25, -0.2) is 8.78 Å². The summed E-state index contributed by atoms with van der Waals surface area (Å²) in [4.78, 5) is 0. The summed E-state index contributed by atoms with van der Waals surface area (Å²) >= 11 is 6.09. The van der Waals surface area contributed by atoms with Gasteiger partial charge >= 0.3 is 0 Å². The zero-order valence-electron chi connectivity index (χ0n) is 11.4. The second kappa shape index (κ2) is 5.62. The van der Waals surface area contributed by atoms with Crippen molar-refractivity contribution in [1.82, 2.24) is 5.32 Å². The number of ether oxygens (including phenoxy) is 1. The molecule has 110 valence electrons. The topological polar surface area (TPSA) is 21.3 Å². The SMILES string of the molecule is CNC(c1cc(F)c(F)cc1Cl)C1COc2ccccc21. The van der Waals surface area contributed by atoms with Crippen LogP contribution in [0.15, 0.2) is 36.4 Å². The molecule has 0 spiro atoms. The average molecular weight is 310 g/mol. The Morgan fingerprint density at radius 1 is 1.24 bits per heavy atom. The molecule has 2 aromatic rings. The summed E-state index contributed by atoms with van der Waals surface area (Å²) < 4.78 is 32.4. The molecule has 5 heteroatoms. The van der Waals surface area contributed by atoms with Crippen molar-refractivity contribution in [1.29, 1.82) is 0 Å². The molecule has 0 radical (unpaired) electrons. The number of likely N-dealkylation sites (N-methyl/N-ethyl adjacent to an activating group) is 1. The molecule has 1 aliphatic heterocycles. The van der Waals surface area contributed by atoms with Crippen molar-refractivity contribution in [3.63, 3.8) is 0 Å². The lowest BCUT2D eigenvalue weighted by Crippen LogP contribution is -2.25. The predicted molar refractivity (Wildman–Crippen MR) is 77.8 cm³/mol. The van der Waals surface area contributed by atoms with E-state index in [2.05, 4.69) is 5.32 Å². The highest BCUT2D eigenvalue weighted by Gasteiger charge is 2.32. The Labute approximate surface area is 126 Å². The van der Waals surface area contributed by atoms with E-state index < -0.39 is 11.6 Å². The number of benzene rings is 2. The lowest BCUT2D eigenvalue weighted by Gasteiger charge is -2.24. The lowest BCUT2D eigenvalue weighted by molar-refractivity contribution is 0.304. The van der Waals surface area contributed by atoms with Crippen molar-refractivity contribution in [2.24, 2.45) is 0 Å². The minimum Gasteiger partial charge on any atom is -0.493 e. The quantitative estimate of drug-likeness (QED) is 0.864. The van der Waals surface area contributed by atoms with E-state index in [1.54, 1.807) is 7.05 Å². The summed E-state index contributed by atoms with van der Waals surface area (Å²) in [5.74, 6) is -1.03. The van der Waals surface area contributed by atoms with Gasteiger partial charge in [-0.3, -0.25) is 0 Å². The highest BCUT2D eigenvalue weighted by Crippen LogP contribution is 2.42. The summed E-state index contributed by atoms with van der Waals surface area (Å²) in [7, 11) is 1.77. The number of para-hydroxylation sites is 1. The van der Waals surface area contributed by atoms with E-state index >= 15 is 0 Å². The molecule has 0 aromatic heterocycles. The number of hydrogen-bond acceptors (Lipinski definition) is 2. The van der Waals surface area contributed by atoms with E-state index in [0.717, 1.165) is 23.4 Å². The summed E-state index contributed by atoms with van der Waals surface area (Å²) in [5, 5.41) is 3.34. The van der Waals surface area contributed by atoms with Crippen molar-refractivity contribution >= 4 is 11.6 Å². The largest absolute Gasteiger partial charge is 0.493 e. The van der Waals surface area contributed by atoms with Crippen LogP contribution in [-0.4, -0.2) is 13.7 Å². The van der Waals surface area contributed by atoms with Gasteiger partial charge < -0.3 is 10.1 Å². The molecule has 1 N–H and O–H groups in total. The molecular weight excluding hydrogens is 296 g/mol. The Hall–Kier alpha value is -1.65. The van der Waals surface area contributed by atoms with Crippen LogP contribution in [0.25, 0.3) is 0 Å². The van der Waals surface area contributed by atoms with Crippen LogP contribution in [-0.2, 0) is 0 Å². The monoisotopic (exact) mass is 309 g/mol. The maximum atomic E-state index is 13.5.